The molecule has 0 aliphatic carbocycles. The second-order valence-corrected chi connectivity index (χ2v) is 7.69. The molecule has 36 heavy (non-hydrogen) atoms. The van der Waals surface area contributed by atoms with Crippen LogP contribution in [0.2, 0.25) is 0 Å². The van der Waals surface area contributed by atoms with Crippen LogP contribution in [0.5, 0.6) is 11.6 Å². The molecule has 0 aliphatic rings. The number of anilines is 1. The minimum atomic E-state index is -4.61. The van der Waals surface area contributed by atoms with Crippen molar-refractivity contribution in [2.45, 2.75) is 13.1 Å². The smallest absolute Gasteiger partial charge is 0.416 e. The predicted octanol–water partition coefficient (Wildman–Crippen LogP) is 5.36. The summed E-state index contributed by atoms with van der Waals surface area (Å²) < 4.78 is 46.1. The Morgan fingerprint density at radius 2 is 1.89 bits per heavy atom. The highest BCUT2D eigenvalue weighted by Crippen LogP contribution is 2.31. The van der Waals surface area contributed by atoms with Crippen molar-refractivity contribution in [3.8, 4) is 17.7 Å². The zero-order valence-corrected chi connectivity index (χ0v) is 18.7. The molecule has 2 aromatic carbocycles. The summed E-state index contributed by atoms with van der Waals surface area (Å²) in [4.78, 5) is 30.3. The lowest BCUT2D eigenvalue weighted by molar-refractivity contribution is -0.137. The maximum Gasteiger partial charge on any atom is 0.416 e. The van der Waals surface area contributed by atoms with E-state index in [0.717, 1.165) is 29.8 Å². The lowest BCUT2D eigenvalue weighted by Gasteiger charge is -2.11. The van der Waals surface area contributed by atoms with Crippen LogP contribution in [-0.2, 0) is 11.0 Å². The lowest BCUT2D eigenvalue weighted by atomic mass is 10.1. The molecule has 10 heteroatoms. The molecule has 180 valence electrons. The number of nitriles is 1. The monoisotopic (exact) mass is 490 g/mol. The zero-order chi connectivity index (χ0) is 25.9. The van der Waals surface area contributed by atoms with E-state index in [0.29, 0.717) is 5.75 Å². The molecule has 2 heterocycles. The van der Waals surface area contributed by atoms with Crippen molar-refractivity contribution in [3.63, 3.8) is 0 Å². The average molecular weight is 490 g/mol. The number of carbonyl (C=O) groups excluding carboxylic acids is 1. The SMILES string of the molecule is Cc1cccc(Oc2nc3ccccn3c(=O)c2/C=C(/C#N)C(=O)Nc2cccc(C(F)(F)F)c2)c1. The van der Waals surface area contributed by atoms with E-state index < -0.39 is 28.8 Å². The first-order valence-corrected chi connectivity index (χ1v) is 10.5. The van der Waals surface area contributed by atoms with Crippen molar-refractivity contribution in [2.24, 2.45) is 0 Å². The number of ether oxygens (including phenoxy) is 1. The first kappa shape index (κ1) is 24.2. The van der Waals surface area contributed by atoms with E-state index in [1.54, 1.807) is 42.5 Å². The number of fused-ring (bicyclic) bond motifs is 1. The number of pyridine rings is 1. The molecule has 2 aromatic heterocycles. The summed E-state index contributed by atoms with van der Waals surface area (Å²) in [5, 5.41) is 11.9. The van der Waals surface area contributed by atoms with Crippen LogP contribution < -0.4 is 15.6 Å². The predicted molar refractivity (Wildman–Crippen MR) is 126 cm³/mol. The molecule has 0 atom stereocenters. The number of nitrogens with zero attached hydrogens (tertiary/aromatic N) is 3. The summed E-state index contributed by atoms with van der Waals surface area (Å²) in [5.74, 6) is -0.768. The van der Waals surface area contributed by atoms with Gasteiger partial charge in [-0.3, -0.25) is 14.0 Å². The van der Waals surface area contributed by atoms with Gasteiger partial charge in [0.1, 0.15) is 28.6 Å². The molecule has 0 saturated heterocycles. The summed E-state index contributed by atoms with van der Waals surface area (Å²) in [6.45, 7) is 1.85. The Bertz CT molecular complexity index is 1600. The van der Waals surface area contributed by atoms with Gasteiger partial charge in [-0.15, -0.1) is 0 Å². The molecule has 0 radical (unpaired) electrons. The molecule has 0 bridgehead atoms. The number of halogens is 3. The van der Waals surface area contributed by atoms with Crippen LogP contribution in [-0.4, -0.2) is 15.3 Å². The van der Waals surface area contributed by atoms with Gasteiger partial charge in [0.15, 0.2) is 0 Å². The Hall–Kier alpha value is -4.91. The largest absolute Gasteiger partial charge is 0.438 e. The highest BCUT2D eigenvalue weighted by molar-refractivity contribution is 6.09. The number of carbonyl (C=O) groups is 1. The summed E-state index contributed by atoms with van der Waals surface area (Å²) in [7, 11) is 0. The molecule has 7 nitrogen and oxygen atoms in total. The van der Waals surface area contributed by atoms with E-state index in [-0.39, 0.29) is 22.8 Å². The van der Waals surface area contributed by atoms with E-state index in [1.807, 2.05) is 13.0 Å². The van der Waals surface area contributed by atoms with Crippen LogP contribution in [0.1, 0.15) is 16.7 Å². The fourth-order valence-corrected chi connectivity index (χ4v) is 3.34. The number of alkyl halides is 3. The van der Waals surface area contributed by atoms with Crippen LogP contribution in [0.25, 0.3) is 11.7 Å². The van der Waals surface area contributed by atoms with Gasteiger partial charge in [0.05, 0.1) is 5.56 Å². The third-order valence-corrected chi connectivity index (χ3v) is 5.04. The maximum atomic E-state index is 13.2. The molecule has 1 amide bonds. The average Bonchev–Trinajstić information content (AvgIpc) is 2.83. The van der Waals surface area contributed by atoms with E-state index in [2.05, 4.69) is 10.3 Å². The quantitative estimate of drug-likeness (QED) is 0.300. The van der Waals surface area contributed by atoms with Crippen molar-refractivity contribution in [1.82, 2.24) is 9.38 Å². The van der Waals surface area contributed by atoms with Crippen LogP contribution in [0, 0.1) is 18.3 Å². The Labute approximate surface area is 202 Å². The molecule has 4 rings (SSSR count). The van der Waals surface area contributed by atoms with Crippen LogP contribution in [0.15, 0.2) is 83.3 Å². The second-order valence-electron chi connectivity index (χ2n) is 7.69. The van der Waals surface area contributed by atoms with Crippen molar-refractivity contribution < 1.29 is 22.7 Å². The van der Waals surface area contributed by atoms with Crippen LogP contribution >= 0.6 is 0 Å². The van der Waals surface area contributed by atoms with E-state index in [4.69, 9.17) is 4.74 Å². The number of benzene rings is 2. The standard InChI is InChI=1S/C26H17F3N4O3/c1-16-6-4-9-20(12-16)36-24-21(25(35)33-11-3-2-10-22(33)32-24)13-17(15-30)23(34)31-19-8-5-7-18(14-19)26(27,28)29/h2-14H,1H3,(H,31,34)/b17-13-. The van der Waals surface area contributed by atoms with Gasteiger partial charge in [-0.1, -0.05) is 24.3 Å². The summed E-state index contributed by atoms with van der Waals surface area (Å²) in [6, 6.07) is 17.5. The van der Waals surface area contributed by atoms with Gasteiger partial charge >= 0.3 is 6.18 Å². The Morgan fingerprint density at radius 3 is 2.61 bits per heavy atom. The third kappa shape index (κ3) is 5.26. The Morgan fingerprint density at radius 1 is 1.11 bits per heavy atom. The highest BCUT2D eigenvalue weighted by Gasteiger charge is 2.30. The Kier molecular flexibility index (Phi) is 6.56. The number of hydrogen-bond acceptors (Lipinski definition) is 5. The van der Waals surface area contributed by atoms with Crippen molar-refractivity contribution in [2.75, 3.05) is 5.32 Å². The van der Waals surface area contributed by atoms with Crippen molar-refractivity contribution >= 4 is 23.3 Å². The Balaban J connectivity index is 1.77. The maximum absolute atomic E-state index is 13.2. The first-order chi connectivity index (χ1) is 17.2. The lowest BCUT2D eigenvalue weighted by Crippen LogP contribution is -2.20. The van der Waals surface area contributed by atoms with E-state index in [9.17, 15) is 28.0 Å². The van der Waals surface area contributed by atoms with E-state index >= 15 is 0 Å². The van der Waals surface area contributed by atoms with Crippen molar-refractivity contribution in [1.29, 1.82) is 5.26 Å². The fourth-order valence-electron chi connectivity index (χ4n) is 3.34. The number of aryl methyl sites for hydroxylation is 1. The normalized spacial score (nSPS) is 11.7. The minimum absolute atomic E-state index is 0.142. The second kappa shape index (κ2) is 9.76. The molecule has 1 N–H and O–H groups in total. The molecule has 0 spiro atoms. The summed E-state index contributed by atoms with van der Waals surface area (Å²) in [6.07, 6.45) is -2.14. The van der Waals surface area contributed by atoms with Gasteiger partial charge in [-0.25, -0.2) is 0 Å². The van der Waals surface area contributed by atoms with Crippen LogP contribution in [0.3, 0.4) is 0 Å². The minimum Gasteiger partial charge on any atom is -0.438 e. The van der Waals surface area contributed by atoms with Gasteiger partial charge in [0, 0.05) is 11.9 Å². The number of amides is 1. The topological polar surface area (TPSA) is 96.5 Å². The van der Waals surface area contributed by atoms with Gasteiger partial charge in [-0.2, -0.15) is 23.4 Å². The van der Waals surface area contributed by atoms with Crippen molar-refractivity contribution in [3.05, 3.63) is 106 Å². The molecular formula is C26H17F3N4O3. The first-order valence-electron chi connectivity index (χ1n) is 10.5. The van der Waals surface area contributed by atoms with Gasteiger partial charge in [-0.05, 0) is 61.0 Å². The van der Waals surface area contributed by atoms with Crippen LogP contribution in [0.4, 0.5) is 18.9 Å². The molecular weight excluding hydrogens is 473 g/mol. The summed E-state index contributed by atoms with van der Waals surface area (Å²) in [5.41, 5.74) is -1.29. The number of nitrogens with one attached hydrogen (secondary N) is 1. The number of hydrogen-bond donors (Lipinski definition) is 1. The third-order valence-electron chi connectivity index (χ3n) is 5.04. The molecule has 0 saturated carbocycles. The summed E-state index contributed by atoms with van der Waals surface area (Å²) >= 11 is 0. The van der Waals surface area contributed by atoms with Gasteiger partial charge in [0.25, 0.3) is 11.5 Å². The number of aromatic nitrogens is 2. The zero-order valence-electron chi connectivity index (χ0n) is 18.7. The molecule has 0 aliphatic heterocycles. The molecule has 0 unspecified atom stereocenters. The van der Waals surface area contributed by atoms with Gasteiger partial charge < -0.3 is 10.1 Å². The van der Waals surface area contributed by atoms with E-state index in [1.165, 1.54) is 16.7 Å². The number of rotatable bonds is 5. The highest BCUT2D eigenvalue weighted by atomic mass is 19.4. The fraction of sp³-hybridized carbons (Fsp3) is 0.0769. The molecule has 4 aromatic rings. The molecule has 0 fully saturated rings. The van der Waals surface area contributed by atoms with Gasteiger partial charge in [0.2, 0.25) is 5.88 Å².